The van der Waals surface area contributed by atoms with Crippen LogP contribution in [0.4, 0.5) is 22.4 Å². The topological polar surface area (TPSA) is 47.4 Å². The Morgan fingerprint density at radius 2 is 1.94 bits per heavy atom. The number of halogens is 4. The molecular weight excluding hydrogens is 414 g/mol. The highest BCUT2D eigenvalue weighted by molar-refractivity contribution is 5.69. The van der Waals surface area contributed by atoms with Crippen molar-refractivity contribution < 1.29 is 27.1 Å². The van der Waals surface area contributed by atoms with Gasteiger partial charge in [0.25, 0.3) is 0 Å². The summed E-state index contributed by atoms with van der Waals surface area (Å²) in [5.74, 6) is -1.29. The molecule has 31 heavy (non-hydrogen) atoms. The van der Waals surface area contributed by atoms with E-state index in [9.17, 15) is 22.4 Å². The van der Waals surface area contributed by atoms with Crippen molar-refractivity contribution in [1.82, 2.24) is 14.5 Å². The second-order valence-corrected chi connectivity index (χ2v) is 8.66. The zero-order chi connectivity index (χ0) is 23.0. The van der Waals surface area contributed by atoms with Gasteiger partial charge in [-0.05, 0) is 57.7 Å². The Kier molecular flexibility index (Phi) is 6.34. The molecule has 0 saturated heterocycles. The van der Waals surface area contributed by atoms with E-state index in [0.29, 0.717) is 37.9 Å². The molecule has 5 nitrogen and oxygen atoms in total. The molecule has 0 saturated carbocycles. The van der Waals surface area contributed by atoms with Crippen molar-refractivity contribution in [3.63, 3.8) is 0 Å². The number of fused-ring (bicyclic) bond motifs is 1. The van der Waals surface area contributed by atoms with E-state index in [1.54, 1.807) is 32.0 Å². The van der Waals surface area contributed by atoms with Crippen molar-refractivity contribution in [1.29, 1.82) is 0 Å². The summed E-state index contributed by atoms with van der Waals surface area (Å²) in [5.41, 5.74) is 0.243. The minimum atomic E-state index is -4.73. The quantitative estimate of drug-likeness (QED) is 0.587. The molecule has 3 rings (SSSR count). The van der Waals surface area contributed by atoms with E-state index in [0.717, 1.165) is 23.5 Å². The minimum absolute atomic E-state index is 0.299. The second kappa shape index (κ2) is 8.51. The summed E-state index contributed by atoms with van der Waals surface area (Å²) in [5, 5.41) is 0. The first-order chi connectivity index (χ1) is 14.4. The molecule has 1 aliphatic rings. The van der Waals surface area contributed by atoms with Gasteiger partial charge in [0.15, 0.2) is 0 Å². The fraction of sp³-hybridized carbons (Fsp3) is 0.545. The molecule has 1 unspecified atom stereocenters. The predicted molar refractivity (Wildman–Crippen MR) is 107 cm³/mol. The summed E-state index contributed by atoms with van der Waals surface area (Å²) in [6.07, 6.45) is -2.06. The van der Waals surface area contributed by atoms with Crippen LogP contribution < -0.4 is 0 Å². The van der Waals surface area contributed by atoms with Gasteiger partial charge in [-0.15, -0.1) is 0 Å². The van der Waals surface area contributed by atoms with Crippen LogP contribution in [0.3, 0.4) is 0 Å². The predicted octanol–water partition coefficient (Wildman–Crippen LogP) is 5.53. The molecule has 170 valence electrons. The van der Waals surface area contributed by atoms with Crippen LogP contribution in [0.1, 0.15) is 62.7 Å². The van der Waals surface area contributed by atoms with Crippen LogP contribution in [0.15, 0.2) is 24.5 Å². The van der Waals surface area contributed by atoms with E-state index in [1.165, 1.54) is 6.07 Å². The van der Waals surface area contributed by atoms with Gasteiger partial charge in [0.05, 0.1) is 29.3 Å². The highest BCUT2D eigenvalue weighted by Gasteiger charge is 2.36. The number of imidazole rings is 1. The summed E-state index contributed by atoms with van der Waals surface area (Å²) >= 11 is 0. The van der Waals surface area contributed by atoms with Crippen molar-refractivity contribution in [3.05, 3.63) is 52.9 Å². The third-order valence-electron chi connectivity index (χ3n) is 5.24. The first-order valence-corrected chi connectivity index (χ1v) is 10.3. The average molecular weight is 441 g/mol. The molecule has 2 aromatic rings. The number of aromatic nitrogens is 2. The van der Waals surface area contributed by atoms with Gasteiger partial charge >= 0.3 is 12.3 Å². The van der Waals surface area contributed by atoms with Gasteiger partial charge in [-0.2, -0.15) is 13.2 Å². The largest absolute Gasteiger partial charge is 0.444 e. The number of rotatable bonds is 4. The molecule has 0 N–H and O–H groups in total. The Morgan fingerprint density at radius 3 is 2.52 bits per heavy atom. The maximum Gasteiger partial charge on any atom is 0.419 e. The Balaban J connectivity index is 1.87. The van der Waals surface area contributed by atoms with Gasteiger partial charge in [0, 0.05) is 13.1 Å². The summed E-state index contributed by atoms with van der Waals surface area (Å²) < 4.78 is 60.1. The van der Waals surface area contributed by atoms with Gasteiger partial charge in [-0.1, -0.05) is 13.0 Å². The summed E-state index contributed by atoms with van der Waals surface area (Å²) in [6.45, 7) is 8.34. The third kappa shape index (κ3) is 5.19. The van der Waals surface area contributed by atoms with Crippen molar-refractivity contribution in [2.75, 3.05) is 6.54 Å². The van der Waals surface area contributed by atoms with E-state index in [1.807, 2.05) is 11.5 Å². The molecule has 0 spiro atoms. The molecule has 0 fully saturated rings. The Labute approximate surface area is 179 Å². The molecule has 1 aromatic heterocycles. The Bertz CT molecular complexity index is 934. The number of ether oxygens (including phenoxy) is 1. The molecule has 1 aromatic carbocycles. The lowest BCUT2D eigenvalue weighted by atomic mass is 9.97. The first kappa shape index (κ1) is 23.1. The lowest BCUT2D eigenvalue weighted by Crippen LogP contribution is -2.45. The zero-order valence-electron chi connectivity index (χ0n) is 18.1. The SMILES string of the molecule is CCc1ncn2c1C(CCc1ccc(C(F)(F)F)c(F)c1)N(C(=O)OC(C)(C)C)CC2. The molecule has 0 radical (unpaired) electrons. The fourth-order valence-electron chi connectivity index (χ4n) is 3.87. The van der Waals surface area contributed by atoms with Crippen LogP contribution in [-0.2, 0) is 30.3 Å². The van der Waals surface area contributed by atoms with Crippen LogP contribution in [0.2, 0.25) is 0 Å². The number of carbonyl (C=O) groups excluding carboxylic acids is 1. The van der Waals surface area contributed by atoms with Crippen molar-refractivity contribution in [2.24, 2.45) is 0 Å². The number of amides is 1. The van der Waals surface area contributed by atoms with Crippen molar-refractivity contribution >= 4 is 6.09 Å². The molecule has 1 atom stereocenters. The van der Waals surface area contributed by atoms with Gasteiger partial charge in [0.2, 0.25) is 0 Å². The zero-order valence-corrected chi connectivity index (χ0v) is 18.1. The molecule has 1 aliphatic heterocycles. The van der Waals surface area contributed by atoms with Crippen LogP contribution in [0, 0.1) is 5.82 Å². The summed E-state index contributed by atoms with van der Waals surface area (Å²) in [4.78, 5) is 18.9. The highest BCUT2D eigenvalue weighted by atomic mass is 19.4. The van der Waals surface area contributed by atoms with Crippen LogP contribution >= 0.6 is 0 Å². The Morgan fingerprint density at radius 1 is 1.23 bits per heavy atom. The average Bonchev–Trinajstić information content (AvgIpc) is 3.07. The highest BCUT2D eigenvalue weighted by Crippen LogP contribution is 2.35. The summed E-state index contributed by atoms with van der Waals surface area (Å²) in [7, 11) is 0. The van der Waals surface area contributed by atoms with Gasteiger partial charge in [-0.25, -0.2) is 14.2 Å². The summed E-state index contributed by atoms with van der Waals surface area (Å²) in [6, 6.07) is 2.59. The lowest BCUT2D eigenvalue weighted by Gasteiger charge is -2.38. The molecule has 2 heterocycles. The van der Waals surface area contributed by atoms with E-state index in [2.05, 4.69) is 4.98 Å². The number of nitrogens with zero attached hydrogens (tertiary/aromatic N) is 3. The number of carbonyl (C=O) groups is 1. The number of hydrogen-bond acceptors (Lipinski definition) is 3. The van der Waals surface area contributed by atoms with E-state index in [-0.39, 0.29) is 6.04 Å². The van der Waals surface area contributed by atoms with E-state index < -0.39 is 29.3 Å². The maximum atomic E-state index is 14.0. The monoisotopic (exact) mass is 441 g/mol. The van der Waals surface area contributed by atoms with Crippen molar-refractivity contribution in [3.8, 4) is 0 Å². The number of alkyl halides is 3. The molecular formula is C22H27F4N3O2. The smallest absolute Gasteiger partial charge is 0.419 e. The van der Waals surface area contributed by atoms with Crippen LogP contribution in [0.5, 0.6) is 0 Å². The van der Waals surface area contributed by atoms with E-state index >= 15 is 0 Å². The fourth-order valence-corrected chi connectivity index (χ4v) is 3.87. The van der Waals surface area contributed by atoms with Gasteiger partial charge < -0.3 is 9.30 Å². The maximum absolute atomic E-state index is 14.0. The molecule has 9 heteroatoms. The van der Waals surface area contributed by atoms with Crippen molar-refractivity contribution in [2.45, 2.75) is 71.3 Å². The second-order valence-electron chi connectivity index (χ2n) is 8.66. The minimum Gasteiger partial charge on any atom is -0.444 e. The van der Waals surface area contributed by atoms with E-state index in [4.69, 9.17) is 4.74 Å². The van der Waals surface area contributed by atoms with Crippen LogP contribution in [0.25, 0.3) is 0 Å². The Hall–Kier alpha value is -2.58. The molecule has 0 bridgehead atoms. The standard InChI is InChI=1S/C22H27F4N3O2/c1-5-17-19-18(9-7-14-6-8-15(16(23)12-14)22(24,25)26)29(11-10-28(19)13-27-17)20(30)31-21(2,3)4/h6,8,12-13,18H,5,7,9-11H2,1-4H3. The molecule has 0 aliphatic carbocycles. The third-order valence-corrected chi connectivity index (χ3v) is 5.24. The number of benzene rings is 1. The number of hydrogen-bond donors (Lipinski definition) is 0. The van der Waals surface area contributed by atoms with Crippen LogP contribution in [-0.4, -0.2) is 32.7 Å². The van der Waals surface area contributed by atoms with Gasteiger partial charge in [-0.3, -0.25) is 4.90 Å². The lowest BCUT2D eigenvalue weighted by molar-refractivity contribution is -0.140. The number of aryl methyl sites for hydroxylation is 2. The first-order valence-electron chi connectivity index (χ1n) is 10.3. The van der Waals surface area contributed by atoms with Gasteiger partial charge in [0.1, 0.15) is 11.4 Å². The molecule has 1 amide bonds. The normalized spacial score (nSPS) is 16.9.